The van der Waals surface area contributed by atoms with Gasteiger partial charge < -0.3 is 13.1 Å². The first-order valence-electron chi connectivity index (χ1n) is 5.86. The molecule has 0 aliphatic rings. The summed E-state index contributed by atoms with van der Waals surface area (Å²) >= 11 is 0. The van der Waals surface area contributed by atoms with Gasteiger partial charge in [-0.3, -0.25) is 9.11 Å². The van der Waals surface area contributed by atoms with Gasteiger partial charge in [0.1, 0.15) is 9.79 Å². The predicted octanol–water partition coefficient (Wildman–Crippen LogP) is -5.04. The van der Waals surface area contributed by atoms with E-state index in [9.17, 15) is 35.5 Å². The maximum atomic E-state index is 11.5. The van der Waals surface area contributed by atoms with E-state index in [-0.39, 0.29) is 62.0 Å². The molecule has 0 spiro atoms. The molecular weight excluding hydrogens is 414 g/mol. The van der Waals surface area contributed by atoms with Crippen LogP contribution in [0, 0.1) is 0 Å². The van der Waals surface area contributed by atoms with E-state index in [2.05, 4.69) is 0 Å². The fourth-order valence-corrected chi connectivity index (χ4v) is 3.74. The van der Waals surface area contributed by atoms with Gasteiger partial charge in [-0.1, -0.05) is 6.07 Å². The number of rotatable bonds is 4. The maximum absolute atomic E-state index is 11.5. The topological polar surface area (TPSA) is 183 Å². The molecule has 0 saturated carbocycles. The summed E-state index contributed by atoms with van der Waals surface area (Å²) in [6.07, 6.45) is 0. The number of hydrogen-bond donors (Lipinski definition) is 4. The minimum absolute atomic E-state index is 0. The Bertz CT molecular complexity index is 1120. The van der Waals surface area contributed by atoms with Gasteiger partial charge in [0.15, 0.2) is 0 Å². The van der Waals surface area contributed by atoms with Crippen LogP contribution in [0.1, 0.15) is 23.6 Å². The summed E-state index contributed by atoms with van der Waals surface area (Å²) in [7, 11) is -10.1. The van der Waals surface area contributed by atoms with E-state index in [0.717, 1.165) is 18.2 Å². The van der Waals surface area contributed by atoms with Gasteiger partial charge in [0.25, 0.3) is 20.2 Å². The molecule has 26 heavy (non-hydrogen) atoms. The Kier molecular flexibility index (Phi) is 8.47. The van der Waals surface area contributed by atoms with Crippen molar-refractivity contribution in [2.75, 3.05) is 0 Å². The summed E-state index contributed by atoms with van der Waals surface area (Å²) in [5, 5.41) is 16.9. The van der Waals surface area contributed by atoms with E-state index in [0.29, 0.717) is 6.07 Å². The quantitative estimate of drug-likeness (QED) is 0.274. The van der Waals surface area contributed by atoms with Gasteiger partial charge >= 0.3 is 71.1 Å². The monoisotopic (exact) mass is 424 g/mol. The molecule has 0 aromatic heterocycles. The van der Waals surface area contributed by atoms with Crippen molar-refractivity contribution in [3.63, 3.8) is 0 Å². The van der Waals surface area contributed by atoms with Gasteiger partial charge in [-0.2, -0.15) is 16.8 Å². The molecule has 0 atom stereocenters. The van der Waals surface area contributed by atoms with Gasteiger partial charge in [0.05, 0.1) is 11.1 Å². The zero-order valence-electron chi connectivity index (χ0n) is 15.4. The molecule has 2 rings (SSSR count). The minimum Gasteiger partial charge on any atom is -1.00 e. The van der Waals surface area contributed by atoms with Crippen LogP contribution in [0.4, 0.5) is 0 Å². The summed E-state index contributed by atoms with van der Waals surface area (Å²) in [6, 6.07) is 2.78. The fourth-order valence-electron chi connectivity index (χ4n) is 2.15. The summed E-state index contributed by atoms with van der Waals surface area (Å²) in [4.78, 5) is 20.1. The van der Waals surface area contributed by atoms with Crippen LogP contribution in [0.15, 0.2) is 34.1 Å². The van der Waals surface area contributed by atoms with Gasteiger partial charge in [0.2, 0.25) is 0 Å². The fraction of sp³-hybridized carbons (Fsp3) is 0. The third kappa shape index (κ3) is 5.04. The molecule has 0 saturated heterocycles. The van der Waals surface area contributed by atoms with Gasteiger partial charge in [0, 0.05) is 10.8 Å². The van der Waals surface area contributed by atoms with Crippen molar-refractivity contribution in [1.82, 2.24) is 0 Å². The van der Waals surface area contributed by atoms with Crippen LogP contribution in [0.2, 0.25) is 0 Å². The average molecular weight is 424 g/mol. The van der Waals surface area contributed by atoms with Crippen molar-refractivity contribution < 1.29 is 108 Å². The largest absolute Gasteiger partial charge is 1.00 e. The molecule has 0 aliphatic carbocycles. The molecule has 0 bridgehead atoms. The van der Waals surface area contributed by atoms with Crippen LogP contribution in [0.3, 0.4) is 0 Å². The molecule has 0 fully saturated rings. The van der Waals surface area contributed by atoms with E-state index in [1.165, 1.54) is 0 Å². The molecule has 0 heterocycles. The van der Waals surface area contributed by atoms with Crippen LogP contribution in [-0.4, -0.2) is 48.1 Å². The number of benzene rings is 2. The second-order valence-electron chi connectivity index (χ2n) is 4.57. The Balaban J connectivity index is -0.00000156. The van der Waals surface area contributed by atoms with E-state index in [1.807, 2.05) is 0 Å². The van der Waals surface area contributed by atoms with E-state index < -0.39 is 63.9 Å². The SMILES string of the molecule is O=C(O)c1ccc2c(S(=O)(=O)O)c(C(=O)O)cc(S(=O)(=O)O)c2c1.[H-].[H-].[Na+].[Na+]. The summed E-state index contributed by atoms with van der Waals surface area (Å²) < 4.78 is 64.5. The summed E-state index contributed by atoms with van der Waals surface area (Å²) in [6.45, 7) is 0. The first kappa shape index (κ1) is 25.5. The van der Waals surface area contributed by atoms with Gasteiger partial charge in [-0.25, -0.2) is 9.59 Å². The Morgan fingerprint density at radius 1 is 0.808 bits per heavy atom. The second-order valence-corrected chi connectivity index (χ2v) is 7.32. The van der Waals surface area contributed by atoms with Crippen molar-refractivity contribution in [2.24, 2.45) is 0 Å². The molecular formula is C12H10Na2O10S2. The van der Waals surface area contributed by atoms with E-state index in [4.69, 9.17) is 10.2 Å². The normalized spacial score (nSPS) is 11.3. The van der Waals surface area contributed by atoms with Crippen molar-refractivity contribution in [1.29, 1.82) is 0 Å². The van der Waals surface area contributed by atoms with Crippen LogP contribution in [0.25, 0.3) is 10.8 Å². The second kappa shape index (κ2) is 8.65. The summed E-state index contributed by atoms with van der Waals surface area (Å²) in [5.41, 5.74) is -1.54. The third-order valence-corrected chi connectivity index (χ3v) is 4.91. The van der Waals surface area contributed by atoms with Crippen LogP contribution >= 0.6 is 0 Å². The number of carboxylic acid groups (broad SMARTS) is 2. The van der Waals surface area contributed by atoms with Crippen LogP contribution in [0.5, 0.6) is 0 Å². The Morgan fingerprint density at radius 3 is 1.73 bits per heavy atom. The zero-order valence-corrected chi connectivity index (χ0v) is 19.0. The first-order valence-corrected chi connectivity index (χ1v) is 8.74. The predicted molar refractivity (Wildman–Crippen MR) is 79.7 cm³/mol. The van der Waals surface area contributed by atoms with Crippen LogP contribution in [-0.2, 0) is 20.2 Å². The molecule has 2 aromatic rings. The molecule has 0 amide bonds. The standard InChI is InChI=1S/C12H8O10S2.2Na.2H/c13-11(14)5-1-2-6-7(3-5)9(23(17,18)19)4-8(12(15)16)10(6)24(20,21)22;;;;/h1-4H,(H,13,14)(H,15,16)(H,17,18,19)(H,20,21,22);;;;/q;2*+1;2*-1. The van der Waals surface area contributed by atoms with Crippen molar-refractivity contribution >= 4 is 42.9 Å². The van der Waals surface area contributed by atoms with Gasteiger partial charge in [-0.15, -0.1) is 0 Å². The molecule has 10 nitrogen and oxygen atoms in total. The number of fused-ring (bicyclic) bond motifs is 1. The maximum Gasteiger partial charge on any atom is 1.00 e. The number of hydrogen-bond acceptors (Lipinski definition) is 6. The average Bonchev–Trinajstić information content (AvgIpc) is 2.42. The molecule has 0 aliphatic heterocycles. The molecule has 4 N–H and O–H groups in total. The van der Waals surface area contributed by atoms with Crippen molar-refractivity contribution in [3.8, 4) is 0 Å². The molecule has 132 valence electrons. The number of aromatic carboxylic acids is 2. The summed E-state index contributed by atoms with van der Waals surface area (Å²) in [5.74, 6) is -3.36. The zero-order chi connectivity index (χ0) is 18.4. The van der Waals surface area contributed by atoms with Crippen molar-refractivity contribution in [3.05, 3.63) is 35.4 Å². The van der Waals surface area contributed by atoms with Gasteiger partial charge in [-0.05, 0) is 18.2 Å². The number of carbonyl (C=O) groups is 2. The van der Waals surface area contributed by atoms with Crippen LogP contribution < -0.4 is 59.1 Å². The van der Waals surface area contributed by atoms with Crippen molar-refractivity contribution in [2.45, 2.75) is 9.79 Å². The Morgan fingerprint density at radius 2 is 1.35 bits per heavy atom. The molecule has 2 aromatic carbocycles. The molecule has 0 radical (unpaired) electrons. The number of carboxylic acids is 2. The van der Waals surface area contributed by atoms with E-state index in [1.54, 1.807) is 0 Å². The molecule has 0 unspecified atom stereocenters. The minimum atomic E-state index is -5.11. The van der Waals surface area contributed by atoms with E-state index >= 15 is 0 Å². The Hall–Kier alpha value is -0.540. The third-order valence-electron chi connectivity index (χ3n) is 3.06. The smallest absolute Gasteiger partial charge is 1.00 e. The Labute approximate surface area is 194 Å². The molecule has 14 heteroatoms. The first-order chi connectivity index (χ1) is 10.8.